The maximum atomic E-state index is 8.82. The summed E-state index contributed by atoms with van der Waals surface area (Å²) in [7, 11) is 0. The van der Waals surface area contributed by atoms with Gasteiger partial charge in [0.05, 0.1) is 6.07 Å². The van der Waals surface area contributed by atoms with E-state index in [2.05, 4.69) is 31.1 Å². The predicted molar refractivity (Wildman–Crippen MR) is 99.8 cm³/mol. The third kappa shape index (κ3) is 10.4. The van der Waals surface area contributed by atoms with Crippen molar-refractivity contribution < 1.29 is 0 Å². The Labute approximate surface area is 139 Å². The third-order valence-corrected chi connectivity index (χ3v) is 3.60. The molecule has 0 atom stereocenters. The number of hydrogen-bond donors (Lipinski definition) is 0. The molecule has 0 bridgehead atoms. The molecule has 2 heteroatoms. The zero-order chi connectivity index (χ0) is 17.6. The second kappa shape index (κ2) is 13.3. The van der Waals surface area contributed by atoms with Gasteiger partial charge in [-0.05, 0) is 43.8 Å². The van der Waals surface area contributed by atoms with Crippen LogP contribution in [0.5, 0.6) is 0 Å². The molecule has 1 rings (SSSR count). The molecular formula is C20H36N2. The second-order valence-corrected chi connectivity index (χ2v) is 5.76. The summed E-state index contributed by atoms with van der Waals surface area (Å²) in [6.07, 6.45) is 6.95. The zero-order valence-electron chi connectivity index (χ0n) is 15.7. The normalized spacial score (nSPS) is 16.6. The van der Waals surface area contributed by atoms with Gasteiger partial charge in [0.25, 0.3) is 0 Å². The van der Waals surface area contributed by atoms with Gasteiger partial charge in [-0.2, -0.15) is 5.26 Å². The Morgan fingerprint density at radius 3 is 2.05 bits per heavy atom. The van der Waals surface area contributed by atoms with Crippen LogP contribution >= 0.6 is 0 Å². The van der Waals surface area contributed by atoms with Crippen molar-refractivity contribution in [3.05, 3.63) is 36.5 Å². The number of rotatable bonds is 5. The summed E-state index contributed by atoms with van der Waals surface area (Å²) in [5, 5.41) is 8.82. The summed E-state index contributed by atoms with van der Waals surface area (Å²) in [6, 6.07) is 2.31. The van der Waals surface area contributed by atoms with E-state index in [0.717, 1.165) is 43.6 Å². The Morgan fingerprint density at radius 2 is 1.64 bits per heavy atom. The van der Waals surface area contributed by atoms with E-state index in [0.29, 0.717) is 6.42 Å². The zero-order valence-corrected chi connectivity index (χ0v) is 15.7. The highest BCUT2D eigenvalue weighted by molar-refractivity contribution is 5.24. The highest BCUT2D eigenvalue weighted by Gasteiger charge is 2.29. The summed E-state index contributed by atoms with van der Waals surface area (Å²) >= 11 is 0. The van der Waals surface area contributed by atoms with E-state index in [1.807, 2.05) is 46.8 Å². The Balaban J connectivity index is 0. The molecule has 0 radical (unpaired) electrons. The summed E-state index contributed by atoms with van der Waals surface area (Å²) in [6.45, 7) is 23.2. The molecule has 22 heavy (non-hydrogen) atoms. The van der Waals surface area contributed by atoms with Crippen LogP contribution in [0.2, 0.25) is 0 Å². The number of nitriles is 1. The van der Waals surface area contributed by atoms with Crippen LogP contribution in [-0.2, 0) is 0 Å². The van der Waals surface area contributed by atoms with Crippen molar-refractivity contribution in [2.75, 3.05) is 19.6 Å². The average molecular weight is 305 g/mol. The Hall–Kier alpha value is -1.33. The molecule has 0 aromatic rings. The van der Waals surface area contributed by atoms with Crippen molar-refractivity contribution in [1.29, 1.82) is 5.26 Å². The first kappa shape index (κ1) is 22.9. The minimum Gasteiger partial charge on any atom is -0.299 e. The molecule has 1 aliphatic heterocycles. The van der Waals surface area contributed by atoms with E-state index in [1.54, 1.807) is 0 Å². The number of hydrogen-bond acceptors (Lipinski definition) is 2. The molecule has 0 unspecified atom stereocenters. The molecule has 1 fully saturated rings. The first-order valence-corrected chi connectivity index (χ1v) is 8.56. The molecule has 1 heterocycles. The molecule has 0 aliphatic carbocycles. The molecule has 0 amide bonds. The standard InChI is InChI=1S/C16H24N2.2C2H6/c1-14(2)5-6-15(3)13-18-11-8-16(4,7-10-17)9-12-18;2*1-2/h5-6H,1,3,7-9,11-13H2,2,4H3;2*1-2H3/b6-5-;;. The lowest BCUT2D eigenvalue weighted by molar-refractivity contribution is 0.130. The van der Waals surface area contributed by atoms with Crippen LogP contribution in [0.1, 0.15) is 60.8 Å². The molecule has 0 aromatic heterocycles. The van der Waals surface area contributed by atoms with Crippen molar-refractivity contribution in [2.24, 2.45) is 5.41 Å². The van der Waals surface area contributed by atoms with Crippen LogP contribution in [0, 0.1) is 16.7 Å². The largest absolute Gasteiger partial charge is 0.299 e. The van der Waals surface area contributed by atoms with Crippen molar-refractivity contribution in [3.8, 4) is 6.07 Å². The number of likely N-dealkylation sites (tertiary alicyclic amines) is 1. The van der Waals surface area contributed by atoms with Gasteiger partial charge in [0.2, 0.25) is 0 Å². The van der Waals surface area contributed by atoms with E-state index in [-0.39, 0.29) is 5.41 Å². The van der Waals surface area contributed by atoms with Crippen molar-refractivity contribution >= 4 is 0 Å². The highest BCUT2D eigenvalue weighted by Crippen LogP contribution is 2.33. The van der Waals surface area contributed by atoms with Gasteiger partial charge in [0.15, 0.2) is 0 Å². The van der Waals surface area contributed by atoms with Gasteiger partial charge >= 0.3 is 0 Å². The highest BCUT2D eigenvalue weighted by atomic mass is 15.1. The molecule has 1 saturated heterocycles. The first-order valence-electron chi connectivity index (χ1n) is 8.56. The fraction of sp³-hybridized carbons (Fsp3) is 0.650. The van der Waals surface area contributed by atoms with Gasteiger partial charge in [0, 0.05) is 13.0 Å². The van der Waals surface area contributed by atoms with E-state index in [1.165, 1.54) is 0 Å². The predicted octanol–water partition coefficient (Wildman–Crippen LogP) is 5.74. The van der Waals surface area contributed by atoms with Crippen LogP contribution in [0.25, 0.3) is 0 Å². The summed E-state index contributed by atoms with van der Waals surface area (Å²) in [4.78, 5) is 2.42. The lowest BCUT2D eigenvalue weighted by Gasteiger charge is -2.38. The van der Waals surface area contributed by atoms with Crippen molar-refractivity contribution in [2.45, 2.75) is 60.8 Å². The Morgan fingerprint density at radius 1 is 1.14 bits per heavy atom. The topological polar surface area (TPSA) is 27.0 Å². The van der Waals surface area contributed by atoms with Crippen molar-refractivity contribution in [1.82, 2.24) is 4.90 Å². The van der Waals surface area contributed by atoms with Gasteiger partial charge in [-0.25, -0.2) is 0 Å². The van der Waals surface area contributed by atoms with Crippen LogP contribution < -0.4 is 0 Å². The number of piperidine rings is 1. The van der Waals surface area contributed by atoms with Gasteiger partial charge in [-0.1, -0.05) is 65.5 Å². The van der Waals surface area contributed by atoms with Gasteiger partial charge in [0.1, 0.15) is 0 Å². The van der Waals surface area contributed by atoms with Crippen LogP contribution in [0.15, 0.2) is 36.5 Å². The Bertz CT molecular complexity index is 377. The minimum absolute atomic E-state index is 0.222. The molecule has 0 saturated carbocycles. The smallest absolute Gasteiger partial charge is 0.0627 e. The summed E-state index contributed by atoms with van der Waals surface area (Å²) in [5.74, 6) is 0. The second-order valence-electron chi connectivity index (χ2n) is 5.76. The fourth-order valence-corrected chi connectivity index (χ4v) is 2.22. The third-order valence-electron chi connectivity index (χ3n) is 3.60. The fourth-order valence-electron chi connectivity index (χ4n) is 2.22. The molecule has 2 nitrogen and oxygen atoms in total. The van der Waals surface area contributed by atoms with E-state index in [4.69, 9.17) is 5.26 Å². The van der Waals surface area contributed by atoms with E-state index < -0.39 is 0 Å². The lowest BCUT2D eigenvalue weighted by Crippen LogP contribution is -2.39. The van der Waals surface area contributed by atoms with Crippen LogP contribution in [0.4, 0.5) is 0 Å². The van der Waals surface area contributed by atoms with Crippen LogP contribution in [-0.4, -0.2) is 24.5 Å². The minimum atomic E-state index is 0.222. The van der Waals surface area contributed by atoms with E-state index in [9.17, 15) is 0 Å². The molecule has 0 spiro atoms. The average Bonchev–Trinajstić information content (AvgIpc) is 2.52. The van der Waals surface area contributed by atoms with Gasteiger partial charge in [-0.3, -0.25) is 4.90 Å². The quantitative estimate of drug-likeness (QED) is 0.605. The monoisotopic (exact) mass is 304 g/mol. The molecule has 0 aromatic carbocycles. The molecule has 126 valence electrons. The van der Waals surface area contributed by atoms with Gasteiger partial charge < -0.3 is 0 Å². The molecule has 1 aliphatic rings. The maximum absolute atomic E-state index is 8.82. The first-order chi connectivity index (χ1) is 10.4. The van der Waals surface area contributed by atoms with E-state index >= 15 is 0 Å². The Kier molecular flexibility index (Phi) is 13.9. The van der Waals surface area contributed by atoms with Crippen LogP contribution in [0.3, 0.4) is 0 Å². The molecule has 0 N–H and O–H groups in total. The number of allylic oxidation sites excluding steroid dienone is 2. The van der Waals surface area contributed by atoms with Gasteiger partial charge in [-0.15, -0.1) is 0 Å². The lowest BCUT2D eigenvalue weighted by atomic mass is 9.78. The summed E-state index contributed by atoms with van der Waals surface area (Å²) < 4.78 is 0. The number of nitrogens with zero attached hydrogens (tertiary/aromatic N) is 2. The maximum Gasteiger partial charge on any atom is 0.0627 e. The summed E-state index contributed by atoms with van der Waals surface area (Å²) in [5.41, 5.74) is 2.40. The SMILES string of the molecule is C=C(C)/C=C\C(=C)CN1CCC(C)(CC#N)CC1.CC.CC. The molecular weight excluding hydrogens is 268 g/mol. The van der Waals surface area contributed by atoms with Crippen molar-refractivity contribution in [3.63, 3.8) is 0 Å².